The molecule has 1 atom stereocenters. The first-order valence-electron chi connectivity index (χ1n) is 6.27. The van der Waals surface area contributed by atoms with E-state index in [0.717, 1.165) is 10.0 Å². The van der Waals surface area contributed by atoms with Crippen molar-refractivity contribution in [2.45, 2.75) is 31.4 Å². The van der Waals surface area contributed by atoms with Gasteiger partial charge >= 0.3 is 0 Å². The van der Waals surface area contributed by atoms with E-state index in [2.05, 4.69) is 30.8 Å². The number of nitrogens with zero attached hydrogens (tertiary/aromatic N) is 1. The summed E-state index contributed by atoms with van der Waals surface area (Å²) in [5, 5.41) is 15.6. The van der Waals surface area contributed by atoms with Crippen LogP contribution in [0.25, 0.3) is 0 Å². The molecule has 0 radical (unpaired) electrons. The number of aromatic nitrogens is 2. The Hall–Kier alpha value is -1.22. The van der Waals surface area contributed by atoms with Gasteiger partial charge in [-0.3, -0.25) is 5.10 Å². The van der Waals surface area contributed by atoms with Crippen LogP contribution in [0.5, 0.6) is 0 Å². The van der Waals surface area contributed by atoms with Crippen LogP contribution < -0.4 is 4.72 Å². The topological polar surface area (TPSA) is 95.1 Å². The van der Waals surface area contributed by atoms with Crippen LogP contribution in [0.3, 0.4) is 0 Å². The van der Waals surface area contributed by atoms with Crippen molar-refractivity contribution in [3.05, 3.63) is 45.7 Å². The lowest BCUT2D eigenvalue weighted by molar-refractivity contribution is 0.273. The van der Waals surface area contributed by atoms with Gasteiger partial charge in [-0.15, -0.1) is 0 Å². The summed E-state index contributed by atoms with van der Waals surface area (Å²) in [5.74, 6) is 0. The number of aromatic amines is 1. The molecule has 0 spiro atoms. The minimum absolute atomic E-state index is 0.00634. The molecular weight excluding hydrogens is 358 g/mol. The number of hydrogen-bond acceptors (Lipinski definition) is 4. The lowest BCUT2D eigenvalue weighted by Crippen LogP contribution is -2.28. The van der Waals surface area contributed by atoms with Crippen molar-refractivity contribution >= 4 is 26.0 Å². The number of nitrogens with one attached hydrogen (secondary N) is 2. The molecule has 1 aromatic carbocycles. The molecule has 6 nitrogen and oxygen atoms in total. The zero-order valence-electron chi connectivity index (χ0n) is 11.6. The molecule has 21 heavy (non-hydrogen) atoms. The van der Waals surface area contributed by atoms with Gasteiger partial charge < -0.3 is 5.11 Å². The van der Waals surface area contributed by atoms with Gasteiger partial charge in [-0.05, 0) is 31.5 Å². The van der Waals surface area contributed by atoms with Crippen LogP contribution in [0.15, 0.2) is 33.6 Å². The maximum Gasteiger partial charge on any atom is 0.244 e. The maximum absolute atomic E-state index is 12.5. The van der Waals surface area contributed by atoms with Crippen LogP contribution in [0.2, 0.25) is 0 Å². The molecule has 3 N–H and O–H groups in total. The van der Waals surface area contributed by atoms with Crippen molar-refractivity contribution in [3.63, 3.8) is 0 Å². The molecule has 1 unspecified atom stereocenters. The van der Waals surface area contributed by atoms with Gasteiger partial charge in [0.15, 0.2) is 0 Å². The predicted molar refractivity (Wildman–Crippen MR) is 82.1 cm³/mol. The first-order chi connectivity index (χ1) is 9.85. The highest BCUT2D eigenvalue weighted by Crippen LogP contribution is 2.23. The van der Waals surface area contributed by atoms with E-state index in [4.69, 9.17) is 0 Å². The molecule has 0 fully saturated rings. The summed E-state index contributed by atoms with van der Waals surface area (Å²) >= 11 is 3.36. The molecular formula is C13H16BrN3O3S. The average molecular weight is 374 g/mol. The molecule has 0 saturated carbocycles. The number of halogens is 1. The second-order valence-electron chi connectivity index (χ2n) is 4.68. The summed E-state index contributed by atoms with van der Waals surface area (Å²) in [7, 11) is -3.77. The first-order valence-corrected chi connectivity index (χ1v) is 8.55. The molecule has 8 heteroatoms. The highest BCUT2D eigenvalue weighted by Gasteiger charge is 2.26. The third-order valence-corrected chi connectivity index (χ3v) is 5.30. The Kier molecular flexibility index (Phi) is 4.82. The van der Waals surface area contributed by atoms with E-state index in [1.54, 1.807) is 13.8 Å². The molecule has 1 aromatic heterocycles. The second-order valence-corrected chi connectivity index (χ2v) is 7.25. The Labute approximate surface area is 131 Å². The fourth-order valence-electron chi connectivity index (χ4n) is 2.07. The molecule has 0 saturated heterocycles. The van der Waals surface area contributed by atoms with Crippen LogP contribution in [-0.4, -0.2) is 23.7 Å². The Morgan fingerprint density at radius 3 is 2.81 bits per heavy atom. The van der Waals surface area contributed by atoms with Crippen molar-refractivity contribution < 1.29 is 13.5 Å². The van der Waals surface area contributed by atoms with Crippen LogP contribution in [0.1, 0.15) is 29.9 Å². The van der Waals surface area contributed by atoms with Gasteiger partial charge in [0.25, 0.3) is 0 Å². The van der Waals surface area contributed by atoms with Gasteiger partial charge in [-0.25, -0.2) is 13.1 Å². The SMILES string of the molecule is Cc1[nH]nc(CO)c1S(=O)(=O)NC(C)c1cccc(Br)c1. The summed E-state index contributed by atoms with van der Waals surface area (Å²) in [6.07, 6.45) is 0. The van der Waals surface area contributed by atoms with E-state index in [0.29, 0.717) is 5.69 Å². The van der Waals surface area contributed by atoms with Crippen LogP contribution in [0.4, 0.5) is 0 Å². The largest absolute Gasteiger partial charge is 0.390 e. The standard InChI is InChI=1S/C13H16BrN3O3S/c1-8(10-4-3-5-11(14)6-10)17-21(19,20)13-9(2)15-16-12(13)7-18/h3-6,8,17-18H,7H2,1-2H3,(H,15,16). The number of sulfonamides is 1. The van der Waals surface area contributed by atoms with Crippen molar-refractivity contribution in [1.29, 1.82) is 0 Å². The quantitative estimate of drug-likeness (QED) is 0.746. The van der Waals surface area contributed by atoms with E-state index < -0.39 is 22.7 Å². The normalized spacial score (nSPS) is 13.3. The number of H-pyrrole nitrogens is 1. The van der Waals surface area contributed by atoms with Crippen LogP contribution in [0, 0.1) is 6.92 Å². The highest BCUT2D eigenvalue weighted by molar-refractivity contribution is 9.10. The third-order valence-electron chi connectivity index (χ3n) is 3.06. The van der Waals surface area contributed by atoms with E-state index in [-0.39, 0.29) is 10.6 Å². The van der Waals surface area contributed by atoms with Crippen molar-refractivity contribution in [1.82, 2.24) is 14.9 Å². The average Bonchev–Trinajstić information content (AvgIpc) is 2.80. The molecule has 2 aromatic rings. The summed E-state index contributed by atoms with van der Waals surface area (Å²) in [6.45, 7) is 2.92. The minimum Gasteiger partial charge on any atom is -0.390 e. The fraction of sp³-hybridized carbons (Fsp3) is 0.308. The molecule has 0 aliphatic carbocycles. The van der Waals surface area contributed by atoms with Gasteiger partial charge in [0.1, 0.15) is 10.6 Å². The zero-order chi connectivity index (χ0) is 15.6. The predicted octanol–water partition coefficient (Wildman–Crippen LogP) is 2.01. The lowest BCUT2D eigenvalue weighted by Gasteiger charge is -2.15. The monoisotopic (exact) mass is 373 g/mol. The van der Waals surface area contributed by atoms with E-state index >= 15 is 0 Å². The molecule has 0 aliphatic rings. The number of hydrogen-bond donors (Lipinski definition) is 3. The molecule has 0 amide bonds. The molecule has 2 rings (SSSR count). The molecule has 1 heterocycles. The van der Waals surface area contributed by atoms with Crippen LogP contribution in [-0.2, 0) is 16.6 Å². The van der Waals surface area contributed by atoms with Gasteiger partial charge in [0.2, 0.25) is 10.0 Å². The Bertz CT molecular complexity index is 743. The summed E-state index contributed by atoms with van der Waals surface area (Å²) < 4.78 is 28.4. The number of benzene rings is 1. The lowest BCUT2D eigenvalue weighted by atomic mass is 10.1. The summed E-state index contributed by atoms with van der Waals surface area (Å²) in [6, 6.07) is 6.99. The smallest absolute Gasteiger partial charge is 0.244 e. The summed E-state index contributed by atoms with van der Waals surface area (Å²) in [5.41, 5.74) is 1.34. The van der Waals surface area contributed by atoms with Gasteiger partial charge in [0.05, 0.1) is 12.3 Å². The number of rotatable bonds is 5. The zero-order valence-corrected chi connectivity index (χ0v) is 14.0. The van der Waals surface area contributed by atoms with E-state index in [9.17, 15) is 13.5 Å². The van der Waals surface area contributed by atoms with Gasteiger partial charge in [-0.1, -0.05) is 28.1 Å². The van der Waals surface area contributed by atoms with Gasteiger partial charge in [0, 0.05) is 10.5 Å². The Morgan fingerprint density at radius 1 is 1.48 bits per heavy atom. The minimum atomic E-state index is -3.77. The van der Waals surface area contributed by atoms with E-state index in [1.807, 2.05) is 24.3 Å². The van der Waals surface area contributed by atoms with Crippen molar-refractivity contribution in [2.24, 2.45) is 0 Å². The van der Waals surface area contributed by atoms with Crippen molar-refractivity contribution in [3.8, 4) is 0 Å². The fourth-order valence-corrected chi connectivity index (χ4v) is 4.07. The highest BCUT2D eigenvalue weighted by atomic mass is 79.9. The Morgan fingerprint density at radius 2 is 2.19 bits per heavy atom. The van der Waals surface area contributed by atoms with Gasteiger partial charge in [-0.2, -0.15) is 5.10 Å². The van der Waals surface area contributed by atoms with E-state index in [1.165, 1.54) is 0 Å². The number of aliphatic hydroxyl groups excluding tert-OH is 1. The maximum atomic E-state index is 12.5. The number of aryl methyl sites for hydroxylation is 1. The van der Waals surface area contributed by atoms with Crippen molar-refractivity contribution in [2.75, 3.05) is 0 Å². The first kappa shape index (κ1) is 16.2. The van der Waals surface area contributed by atoms with Crippen LogP contribution >= 0.6 is 15.9 Å². The number of aliphatic hydroxyl groups is 1. The third kappa shape index (κ3) is 3.52. The molecule has 114 valence electrons. The molecule has 0 bridgehead atoms. The summed E-state index contributed by atoms with van der Waals surface area (Å²) in [4.78, 5) is 0.00634. The molecule has 0 aliphatic heterocycles. The second kappa shape index (κ2) is 6.27. The Balaban J connectivity index is 2.31.